The average molecular weight is 251 g/mol. The molecule has 0 aliphatic heterocycles. The first-order valence-electron chi connectivity index (χ1n) is 6.02. The van der Waals surface area contributed by atoms with E-state index in [1.807, 2.05) is 13.8 Å². The molecule has 1 heterocycles. The second-order valence-corrected chi connectivity index (χ2v) is 4.46. The number of hydrogen-bond acceptors (Lipinski definition) is 4. The molecule has 1 aromatic heterocycles. The van der Waals surface area contributed by atoms with Gasteiger partial charge >= 0.3 is 0 Å². The van der Waals surface area contributed by atoms with Crippen LogP contribution in [0.2, 0.25) is 0 Å². The van der Waals surface area contributed by atoms with Gasteiger partial charge in [-0.3, -0.25) is 4.79 Å². The van der Waals surface area contributed by atoms with Gasteiger partial charge < -0.3 is 15.4 Å². The largest absolute Gasteiger partial charge is 0.383 e. The summed E-state index contributed by atoms with van der Waals surface area (Å²) in [6.07, 6.45) is 1.56. The van der Waals surface area contributed by atoms with Gasteiger partial charge in [0.1, 0.15) is 5.82 Å². The molecular weight excluding hydrogens is 230 g/mol. The highest BCUT2D eigenvalue weighted by molar-refractivity contribution is 5.94. The third-order valence-corrected chi connectivity index (χ3v) is 2.75. The second-order valence-electron chi connectivity index (χ2n) is 4.46. The molecule has 2 N–H and O–H groups in total. The molecule has 5 nitrogen and oxygen atoms in total. The highest BCUT2D eigenvalue weighted by Crippen LogP contribution is 2.07. The molecule has 1 unspecified atom stereocenters. The molecule has 0 aromatic carbocycles. The number of aromatic nitrogens is 1. The summed E-state index contributed by atoms with van der Waals surface area (Å²) in [6, 6.07) is 3.53. The Kier molecular flexibility index (Phi) is 5.58. The predicted octanol–water partition coefficient (Wildman–Crippen LogP) is 1.52. The van der Waals surface area contributed by atoms with Crippen LogP contribution in [0.3, 0.4) is 0 Å². The van der Waals surface area contributed by atoms with Crippen molar-refractivity contribution in [3.05, 3.63) is 23.9 Å². The third-order valence-electron chi connectivity index (χ3n) is 2.75. The Bertz CT molecular complexity index is 376. The van der Waals surface area contributed by atoms with Crippen molar-refractivity contribution in [2.24, 2.45) is 5.92 Å². The van der Waals surface area contributed by atoms with E-state index in [9.17, 15) is 4.79 Å². The first-order valence-corrected chi connectivity index (χ1v) is 6.02. The number of pyridine rings is 1. The van der Waals surface area contributed by atoms with Crippen LogP contribution in [0.1, 0.15) is 24.2 Å². The summed E-state index contributed by atoms with van der Waals surface area (Å²) in [5.41, 5.74) is 0.552. The molecule has 0 bridgehead atoms. The molecule has 0 radical (unpaired) electrons. The quantitative estimate of drug-likeness (QED) is 0.804. The van der Waals surface area contributed by atoms with Crippen molar-refractivity contribution in [2.75, 3.05) is 26.1 Å². The molecule has 1 aromatic rings. The normalized spacial score (nSPS) is 12.3. The zero-order chi connectivity index (χ0) is 13.5. The Morgan fingerprint density at radius 3 is 2.61 bits per heavy atom. The number of amides is 1. The van der Waals surface area contributed by atoms with E-state index in [1.54, 1.807) is 32.5 Å². The summed E-state index contributed by atoms with van der Waals surface area (Å²) in [4.78, 5) is 16.1. The van der Waals surface area contributed by atoms with Crippen LogP contribution in [0, 0.1) is 5.92 Å². The molecule has 1 rings (SSSR count). The van der Waals surface area contributed by atoms with Crippen LogP contribution in [0.4, 0.5) is 5.82 Å². The van der Waals surface area contributed by atoms with Gasteiger partial charge in [0.15, 0.2) is 0 Å². The standard InChI is InChI=1S/C13H21N3O2/c1-9(2)11(8-18-4)16-13(17)10-5-6-12(14-3)15-7-10/h5-7,9,11H,8H2,1-4H3,(H,14,15)(H,16,17). The van der Waals surface area contributed by atoms with Crippen LogP contribution >= 0.6 is 0 Å². The summed E-state index contributed by atoms with van der Waals surface area (Å²) >= 11 is 0. The lowest BCUT2D eigenvalue weighted by Gasteiger charge is -2.21. The van der Waals surface area contributed by atoms with E-state index in [0.29, 0.717) is 18.1 Å². The maximum absolute atomic E-state index is 12.0. The van der Waals surface area contributed by atoms with Crippen molar-refractivity contribution in [1.29, 1.82) is 0 Å². The van der Waals surface area contributed by atoms with Gasteiger partial charge in [0, 0.05) is 20.4 Å². The third kappa shape index (κ3) is 4.00. The molecule has 0 saturated heterocycles. The van der Waals surface area contributed by atoms with Crippen LogP contribution in [-0.2, 0) is 4.74 Å². The fourth-order valence-electron chi connectivity index (χ4n) is 1.51. The lowest BCUT2D eigenvalue weighted by atomic mass is 10.0. The Balaban J connectivity index is 2.67. The van der Waals surface area contributed by atoms with E-state index in [1.165, 1.54) is 0 Å². The predicted molar refractivity (Wildman–Crippen MR) is 71.8 cm³/mol. The molecule has 0 fully saturated rings. The van der Waals surface area contributed by atoms with Gasteiger partial charge in [-0.05, 0) is 18.1 Å². The van der Waals surface area contributed by atoms with Gasteiger partial charge in [-0.15, -0.1) is 0 Å². The smallest absolute Gasteiger partial charge is 0.253 e. The fraction of sp³-hybridized carbons (Fsp3) is 0.538. The van der Waals surface area contributed by atoms with Crippen molar-refractivity contribution >= 4 is 11.7 Å². The fourth-order valence-corrected chi connectivity index (χ4v) is 1.51. The van der Waals surface area contributed by atoms with Gasteiger partial charge in [0.2, 0.25) is 0 Å². The van der Waals surface area contributed by atoms with E-state index in [-0.39, 0.29) is 11.9 Å². The molecule has 0 spiro atoms. The number of anilines is 1. The van der Waals surface area contributed by atoms with Crippen molar-refractivity contribution in [3.63, 3.8) is 0 Å². The maximum atomic E-state index is 12.0. The van der Waals surface area contributed by atoms with Gasteiger partial charge in [-0.1, -0.05) is 13.8 Å². The summed E-state index contributed by atoms with van der Waals surface area (Å²) < 4.78 is 5.10. The van der Waals surface area contributed by atoms with Gasteiger partial charge in [-0.2, -0.15) is 0 Å². The maximum Gasteiger partial charge on any atom is 0.253 e. The lowest BCUT2D eigenvalue weighted by molar-refractivity contribution is 0.0866. The van der Waals surface area contributed by atoms with Gasteiger partial charge in [0.25, 0.3) is 5.91 Å². The van der Waals surface area contributed by atoms with Crippen molar-refractivity contribution in [2.45, 2.75) is 19.9 Å². The molecule has 18 heavy (non-hydrogen) atoms. The minimum atomic E-state index is -0.124. The molecular formula is C13H21N3O2. The molecule has 0 aliphatic carbocycles. The van der Waals surface area contributed by atoms with Crippen molar-refractivity contribution in [3.8, 4) is 0 Å². The Hall–Kier alpha value is -1.62. The minimum absolute atomic E-state index is 0.00600. The average Bonchev–Trinajstić information content (AvgIpc) is 2.38. The van der Waals surface area contributed by atoms with Crippen LogP contribution in [0.15, 0.2) is 18.3 Å². The Labute approximate surface area is 108 Å². The van der Waals surface area contributed by atoms with E-state index >= 15 is 0 Å². The van der Waals surface area contributed by atoms with E-state index in [4.69, 9.17) is 4.74 Å². The molecule has 1 amide bonds. The number of nitrogens with zero attached hydrogens (tertiary/aromatic N) is 1. The van der Waals surface area contributed by atoms with E-state index in [2.05, 4.69) is 15.6 Å². The first kappa shape index (κ1) is 14.4. The zero-order valence-electron chi connectivity index (χ0n) is 11.4. The Morgan fingerprint density at radius 2 is 2.17 bits per heavy atom. The summed E-state index contributed by atoms with van der Waals surface area (Å²) in [6.45, 7) is 4.60. The summed E-state index contributed by atoms with van der Waals surface area (Å²) in [5, 5.41) is 5.86. The summed E-state index contributed by atoms with van der Waals surface area (Å²) in [7, 11) is 3.42. The number of hydrogen-bond donors (Lipinski definition) is 2. The number of carbonyl (C=O) groups excluding carboxylic acids is 1. The monoisotopic (exact) mass is 251 g/mol. The SMILES string of the molecule is CNc1ccc(C(=O)NC(COC)C(C)C)cn1. The lowest BCUT2D eigenvalue weighted by Crippen LogP contribution is -2.41. The van der Waals surface area contributed by atoms with Gasteiger partial charge in [0.05, 0.1) is 18.2 Å². The van der Waals surface area contributed by atoms with E-state index < -0.39 is 0 Å². The number of nitrogens with one attached hydrogen (secondary N) is 2. The minimum Gasteiger partial charge on any atom is -0.383 e. The molecule has 5 heteroatoms. The number of ether oxygens (including phenoxy) is 1. The van der Waals surface area contributed by atoms with Crippen molar-refractivity contribution < 1.29 is 9.53 Å². The van der Waals surface area contributed by atoms with Crippen molar-refractivity contribution in [1.82, 2.24) is 10.3 Å². The van der Waals surface area contributed by atoms with Crippen LogP contribution in [0.25, 0.3) is 0 Å². The number of methoxy groups -OCH3 is 1. The second kappa shape index (κ2) is 6.96. The molecule has 100 valence electrons. The van der Waals surface area contributed by atoms with Crippen LogP contribution in [-0.4, -0.2) is 37.7 Å². The molecule has 1 atom stereocenters. The Morgan fingerprint density at radius 1 is 1.44 bits per heavy atom. The van der Waals surface area contributed by atoms with Gasteiger partial charge in [-0.25, -0.2) is 4.98 Å². The van der Waals surface area contributed by atoms with Crippen LogP contribution in [0.5, 0.6) is 0 Å². The zero-order valence-corrected chi connectivity index (χ0v) is 11.4. The molecule has 0 aliphatic rings. The highest BCUT2D eigenvalue weighted by Gasteiger charge is 2.17. The van der Waals surface area contributed by atoms with E-state index in [0.717, 1.165) is 5.82 Å². The topological polar surface area (TPSA) is 63.2 Å². The number of rotatable bonds is 6. The summed E-state index contributed by atoms with van der Waals surface area (Å²) in [5.74, 6) is 0.934. The highest BCUT2D eigenvalue weighted by atomic mass is 16.5. The molecule has 0 saturated carbocycles. The first-order chi connectivity index (χ1) is 8.58. The number of carbonyl (C=O) groups is 1. The van der Waals surface area contributed by atoms with Crippen LogP contribution < -0.4 is 10.6 Å².